The molecule has 0 bridgehead atoms. The third kappa shape index (κ3) is 3.13. The summed E-state index contributed by atoms with van der Waals surface area (Å²) in [6.45, 7) is 4.10. The maximum Gasteiger partial charge on any atom is 0.184 e. The number of allylic oxidation sites excluding steroid dienone is 4. The van der Waals surface area contributed by atoms with Crippen LogP contribution in [0, 0.1) is 0 Å². The number of hydrogen-bond donors (Lipinski definition) is 0. The Labute approximate surface area is 111 Å². The number of Topliss-reactive ketones (excluding diaryl/α,β-unsaturated/α-hetero) is 1. The van der Waals surface area contributed by atoms with E-state index in [4.69, 9.17) is 0 Å². The highest BCUT2D eigenvalue weighted by Gasteiger charge is 2.18. The predicted molar refractivity (Wildman–Crippen MR) is 76.6 cm³/mol. The van der Waals surface area contributed by atoms with Crippen molar-refractivity contribution >= 4 is 5.78 Å². The van der Waals surface area contributed by atoms with Gasteiger partial charge in [0.2, 0.25) is 0 Å². The van der Waals surface area contributed by atoms with Crippen LogP contribution in [0.5, 0.6) is 0 Å². The van der Waals surface area contributed by atoms with Gasteiger partial charge in [0.05, 0.1) is 0 Å². The lowest BCUT2D eigenvalue weighted by atomic mass is 9.85. The van der Waals surface area contributed by atoms with Gasteiger partial charge in [0.25, 0.3) is 0 Å². The third-order valence-corrected chi connectivity index (χ3v) is 4.66. The van der Waals surface area contributed by atoms with Crippen LogP contribution in [0.4, 0.5) is 0 Å². The zero-order valence-corrected chi connectivity index (χ0v) is 12.0. The largest absolute Gasteiger partial charge is 0.289 e. The average Bonchev–Trinajstić information content (AvgIpc) is 2.47. The van der Waals surface area contributed by atoms with E-state index in [2.05, 4.69) is 13.8 Å². The van der Waals surface area contributed by atoms with E-state index in [-0.39, 0.29) is 0 Å². The summed E-state index contributed by atoms with van der Waals surface area (Å²) in [6, 6.07) is 0. The molecule has 0 N–H and O–H groups in total. The Hall–Kier alpha value is -0.850. The minimum absolute atomic E-state index is 0.337. The van der Waals surface area contributed by atoms with Gasteiger partial charge in [-0.05, 0) is 76.4 Å². The van der Waals surface area contributed by atoms with E-state index >= 15 is 0 Å². The molecule has 0 unspecified atom stereocenters. The monoisotopic (exact) mass is 246 g/mol. The summed E-state index contributed by atoms with van der Waals surface area (Å²) < 4.78 is 0. The highest BCUT2D eigenvalue weighted by molar-refractivity contribution is 6.08. The van der Waals surface area contributed by atoms with Crippen LogP contribution in [-0.4, -0.2) is 5.78 Å². The molecule has 0 amide bonds. The molecule has 2 rings (SSSR count). The molecular formula is C17H26O. The molecule has 0 saturated heterocycles. The van der Waals surface area contributed by atoms with E-state index in [0.717, 1.165) is 36.8 Å². The topological polar surface area (TPSA) is 17.1 Å². The summed E-state index contributed by atoms with van der Waals surface area (Å²) in [5.41, 5.74) is 4.99. The fraction of sp³-hybridized carbons (Fsp3) is 0.706. The van der Waals surface area contributed by atoms with E-state index in [9.17, 15) is 4.79 Å². The van der Waals surface area contributed by atoms with Crippen molar-refractivity contribution in [2.24, 2.45) is 0 Å². The van der Waals surface area contributed by atoms with Crippen LogP contribution in [0.15, 0.2) is 22.3 Å². The molecule has 2 saturated carbocycles. The van der Waals surface area contributed by atoms with Gasteiger partial charge in [-0.25, -0.2) is 0 Å². The molecule has 0 spiro atoms. The quantitative estimate of drug-likeness (QED) is 0.618. The number of ketones is 1. The summed E-state index contributed by atoms with van der Waals surface area (Å²) in [5, 5.41) is 0. The summed E-state index contributed by atoms with van der Waals surface area (Å²) in [4.78, 5) is 12.5. The molecule has 2 fully saturated rings. The van der Waals surface area contributed by atoms with Gasteiger partial charge < -0.3 is 0 Å². The Bertz CT molecular complexity index is 332. The van der Waals surface area contributed by atoms with Crippen molar-refractivity contribution in [2.45, 2.75) is 78.1 Å². The molecule has 1 heteroatoms. The molecule has 0 heterocycles. The number of carbonyl (C=O) groups is 1. The van der Waals surface area contributed by atoms with Crippen molar-refractivity contribution in [3.8, 4) is 0 Å². The van der Waals surface area contributed by atoms with Gasteiger partial charge >= 0.3 is 0 Å². The van der Waals surface area contributed by atoms with Crippen LogP contribution in [0.3, 0.4) is 0 Å². The van der Waals surface area contributed by atoms with Crippen LogP contribution in [0.1, 0.15) is 78.1 Å². The second-order valence-corrected chi connectivity index (χ2v) is 5.91. The molecule has 0 aromatic carbocycles. The van der Waals surface area contributed by atoms with Crippen molar-refractivity contribution in [3.63, 3.8) is 0 Å². The van der Waals surface area contributed by atoms with Crippen LogP contribution in [-0.2, 0) is 4.79 Å². The van der Waals surface area contributed by atoms with Gasteiger partial charge in [0, 0.05) is 0 Å². The lowest BCUT2D eigenvalue weighted by Gasteiger charge is -2.19. The Morgan fingerprint density at radius 2 is 1.00 bits per heavy atom. The fourth-order valence-corrected chi connectivity index (χ4v) is 3.31. The Morgan fingerprint density at radius 3 is 1.33 bits per heavy atom. The highest BCUT2D eigenvalue weighted by atomic mass is 16.1. The van der Waals surface area contributed by atoms with E-state index < -0.39 is 0 Å². The van der Waals surface area contributed by atoms with Crippen LogP contribution < -0.4 is 0 Å². The summed E-state index contributed by atoms with van der Waals surface area (Å²) >= 11 is 0. The van der Waals surface area contributed by atoms with Crippen molar-refractivity contribution in [1.82, 2.24) is 0 Å². The van der Waals surface area contributed by atoms with Crippen molar-refractivity contribution in [2.75, 3.05) is 0 Å². The maximum absolute atomic E-state index is 12.5. The van der Waals surface area contributed by atoms with E-state index in [1.54, 1.807) is 0 Å². The first-order chi connectivity index (χ1) is 8.70. The average molecular weight is 246 g/mol. The molecule has 1 nitrogen and oxygen atoms in total. The molecule has 2 aliphatic rings. The smallest absolute Gasteiger partial charge is 0.184 e. The van der Waals surface area contributed by atoms with Crippen molar-refractivity contribution < 1.29 is 4.79 Å². The highest BCUT2D eigenvalue weighted by Crippen LogP contribution is 2.30. The second kappa shape index (κ2) is 6.36. The molecule has 0 aromatic rings. The standard InChI is InChI=1S/C17H26O/c1-13(15-9-5-3-6-10-15)17(18)14(2)16-11-7-4-8-12-16/h3-12H2,1-2H3. The van der Waals surface area contributed by atoms with E-state index in [1.165, 1.54) is 49.7 Å². The maximum atomic E-state index is 12.5. The molecule has 0 atom stereocenters. The van der Waals surface area contributed by atoms with Crippen LogP contribution in [0.25, 0.3) is 0 Å². The predicted octanol–water partition coefficient (Wildman–Crippen LogP) is 5.12. The van der Waals surface area contributed by atoms with Gasteiger partial charge in [-0.3, -0.25) is 4.79 Å². The lowest BCUT2D eigenvalue weighted by Crippen LogP contribution is -2.10. The molecular weight excluding hydrogens is 220 g/mol. The molecule has 0 aliphatic heterocycles. The summed E-state index contributed by atoms with van der Waals surface area (Å²) in [7, 11) is 0. The molecule has 2 aliphatic carbocycles. The first-order valence-electron chi connectivity index (χ1n) is 7.62. The summed E-state index contributed by atoms with van der Waals surface area (Å²) in [6.07, 6.45) is 12.4. The minimum Gasteiger partial charge on any atom is -0.289 e. The first-order valence-corrected chi connectivity index (χ1v) is 7.62. The lowest BCUT2D eigenvalue weighted by molar-refractivity contribution is -0.112. The number of hydrogen-bond acceptors (Lipinski definition) is 1. The van der Waals surface area contributed by atoms with Crippen LogP contribution in [0.2, 0.25) is 0 Å². The summed E-state index contributed by atoms with van der Waals surface area (Å²) in [5.74, 6) is 0.337. The minimum atomic E-state index is 0.337. The first kappa shape index (κ1) is 13.6. The van der Waals surface area contributed by atoms with Crippen molar-refractivity contribution in [3.05, 3.63) is 22.3 Å². The van der Waals surface area contributed by atoms with Gasteiger partial charge in [-0.1, -0.05) is 24.0 Å². The van der Waals surface area contributed by atoms with Gasteiger partial charge in [-0.2, -0.15) is 0 Å². The Balaban J connectivity index is 2.14. The number of carbonyl (C=O) groups excluding carboxylic acids is 1. The number of rotatable bonds is 2. The zero-order chi connectivity index (χ0) is 13.0. The second-order valence-electron chi connectivity index (χ2n) is 5.91. The zero-order valence-electron chi connectivity index (χ0n) is 12.0. The SMILES string of the molecule is CC(C(=O)C(C)=C1CCCCC1)=C1CCCCC1. The molecule has 18 heavy (non-hydrogen) atoms. The van der Waals surface area contributed by atoms with Gasteiger partial charge in [0.1, 0.15) is 0 Å². The Morgan fingerprint density at radius 1 is 0.667 bits per heavy atom. The van der Waals surface area contributed by atoms with E-state index in [1.807, 2.05) is 0 Å². The fourth-order valence-electron chi connectivity index (χ4n) is 3.31. The van der Waals surface area contributed by atoms with E-state index in [0.29, 0.717) is 5.78 Å². The van der Waals surface area contributed by atoms with Crippen LogP contribution >= 0.6 is 0 Å². The Kier molecular flexibility index (Phi) is 4.79. The van der Waals surface area contributed by atoms with Gasteiger partial charge in [-0.15, -0.1) is 0 Å². The van der Waals surface area contributed by atoms with Gasteiger partial charge in [0.15, 0.2) is 5.78 Å². The molecule has 0 radical (unpaired) electrons. The third-order valence-electron chi connectivity index (χ3n) is 4.66. The molecule has 0 aromatic heterocycles. The molecule has 100 valence electrons. The van der Waals surface area contributed by atoms with Crippen molar-refractivity contribution in [1.29, 1.82) is 0 Å². The normalized spacial score (nSPS) is 20.8.